The van der Waals surface area contributed by atoms with Gasteiger partial charge in [-0.05, 0) is 48.3 Å². The molecular formula is C30H33NO4. The lowest BCUT2D eigenvalue weighted by Gasteiger charge is -2.41. The smallest absolute Gasteiger partial charge is 0.336 e. The largest absolute Gasteiger partial charge is 0.460 e. The van der Waals surface area contributed by atoms with Gasteiger partial charge in [0.2, 0.25) is 0 Å². The zero-order valence-electron chi connectivity index (χ0n) is 20.8. The molecule has 3 atom stereocenters. The first-order valence-electron chi connectivity index (χ1n) is 12.6. The molecule has 1 aliphatic carbocycles. The highest BCUT2D eigenvalue weighted by Gasteiger charge is 2.47. The molecule has 2 aliphatic heterocycles. The summed E-state index contributed by atoms with van der Waals surface area (Å²) >= 11 is 0. The van der Waals surface area contributed by atoms with E-state index in [1.165, 1.54) is 0 Å². The highest BCUT2D eigenvalue weighted by molar-refractivity contribution is 6.12. The second kappa shape index (κ2) is 9.54. The summed E-state index contributed by atoms with van der Waals surface area (Å²) in [6.45, 7) is 7.02. The van der Waals surface area contributed by atoms with Crippen molar-refractivity contribution in [2.24, 2.45) is 16.3 Å². The highest BCUT2D eigenvalue weighted by atomic mass is 16.6. The molecule has 0 radical (unpaired) electrons. The van der Waals surface area contributed by atoms with Gasteiger partial charge in [0, 0.05) is 30.4 Å². The fourth-order valence-electron chi connectivity index (χ4n) is 5.75. The number of carbonyl (C=O) groups excluding carboxylic acids is 2. The van der Waals surface area contributed by atoms with Crippen molar-refractivity contribution in [3.63, 3.8) is 0 Å². The SMILES string of the molecule is CC1=C(C(=O)OC[C@H]2CCCO2)[C@H](c2ccc(-c3ccccc3)cc2)[C@H]2C(=O)CC(C)(C)CC2=N1. The standard InChI is InChI=1S/C30H33NO4/c1-19-26(29(33)35-18-23-10-7-15-34-23)27(28-24(31-19)16-30(2,3)17-25(28)32)22-13-11-21(12-14-22)20-8-5-4-6-9-20/h4-6,8-9,11-14,23,27-28H,7,10,15-18H2,1-3H3/t23-,27+,28-/m1/s1. The number of ketones is 1. The van der Waals surface area contributed by atoms with Crippen molar-refractivity contribution in [3.8, 4) is 11.1 Å². The Morgan fingerprint density at radius 2 is 1.74 bits per heavy atom. The Kier molecular flexibility index (Phi) is 6.45. The summed E-state index contributed by atoms with van der Waals surface area (Å²) in [7, 11) is 0. The summed E-state index contributed by atoms with van der Waals surface area (Å²) in [5.74, 6) is -1.07. The average Bonchev–Trinajstić information content (AvgIpc) is 3.35. The number of esters is 1. The molecule has 1 saturated heterocycles. The van der Waals surface area contributed by atoms with Gasteiger partial charge < -0.3 is 9.47 Å². The maximum Gasteiger partial charge on any atom is 0.336 e. The van der Waals surface area contributed by atoms with Crippen molar-refractivity contribution in [2.75, 3.05) is 13.2 Å². The molecular weight excluding hydrogens is 438 g/mol. The number of benzene rings is 2. The van der Waals surface area contributed by atoms with Crippen LogP contribution in [0.1, 0.15) is 57.9 Å². The summed E-state index contributed by atoms with van der Waals surface area (Å²) in [6.07, 6.45) is 3.06. The Morgan fingerprint density at radius 1 is 1.03 bits per heavy atom. The number of nitrogens with zero attached hydrogens (tertiary/aromatic N) is 1. The van der Waals surface area contributed by atoms with Crippen LogP contribution in [0.15, 0.2) is 70.9 Å². The minimum Gasteiger partial charge on any atom is -0.460 e. The van der Waals surface area contributed by atoms with Gasteiger partial charge in [-0.3, -0.25) is 9.79 Å². The molecule has 0 aromatic heterocycles. The Bertz CT molecular complexity index is 1170. The van der Waals surface area contributed by atoms with Gasteiger partial charge in [0.25, 0.3) is 0 Å². The molecule has 0 N–H and O–H groups in total. The quantitative estimate of drug-likeness (QED) is 0.510. The first kappa shape index (κ1) is 23.7. The van der Waals surface area contributed by atoms with Crippen molar-refractivity contribution in [1.29, 1.82) is 0 Å². The maximum absolute atomic E-state index is 13.5. The minimum absolute atomic E-state index is 0.0526. The molecule has 5 heteroatoms. The van der Waals surface area contributed by atoms with Gasteiger partial charge in [-0.2, -0.15) is 0 Å². The van der Waals surface area contributed by atoms with Crippen LogP contribution in [0.3, 0.4) is 0 Å². The summed E-state index contributed by atoms with van der Waals surface area (Å²) in [4.78, 5) is 31.7. The molecule has 2 fully saturated rings. The zero-order valence-corrected chi connectivity index (χ0v) is 20.8. The number of ether oxygens (including phenoxy) is 2. The minimum atomic E-state index is -0.431. The van der Waals surface area contributed by atoms with Crippen LogP contribution in [-0.4, -0.2) is 36.8 Å². The third-order valence-electron chi connectivity index (χ3n) is 7.38. The number of hydrogen-bond acceptors (Lipinski definition) is 5. The van der Waals surface area contributed by atoms with Crippen LogP contribution in [0.5, 0.6) is 0 Å². The molecule has 5 rings (SSSR count). The van der Waals surface area contributed by atoms with Gasteiger partial charge in [-0.25, -0.2) is 4.79 Å². The molecule has 0 amide bonds. The van der Waals surface area contributed by atoms with E-state index in [0.717, 1.165) is 41.7 Å². The van der Waals surface area contributed by atoms with E-state index in [4.69, 9.17) is 14.5 Å². The Hall–Kier alpha value is -3.05. The summed E-state index contributed by atoms with van der Waals surface area (Å²) < 4.78 is 11.4. The zero-order chi connectivity index (χ0) is 24.6. The first-order valence-corrected chi connectivity index (χ1v) is 12.6. The third-order valence-corrected chi connectivity index (χ3v) is 7.38. The summed E-state index contributed by atoms with van der Waals surface area (Å²) in [5.41, 5.74) is 5.07. The first-order chi connectivity index (χ1) is 16.8. The molecule has 2 aromatic rings. The van der Waals surface area contributed by atoms with Crippen LogP contribution in [0.4, 0.5) is 0 Å². The van der Waals surface area contributed by atoms with Crippen LogP contribution in [-0.2, 0) is 19.1 Å². The molecule has 3 aliphatic rings. The summed E-state index contributed by atoms with van der Waals surface area (Å²) in [5, 5.41) is 0. The van der Waals surface area contributed by atoms with E-state index in [1.54, 1.807) is 0 Å². The molecule has 2 heterocycles. The Balaban J connectivity index is 1.51. The van der Waals surface area contributed by atoms with Crippen LogP contribution in [0.2, 0.25) is 0 Å². The summed E-state index contributed by atoms with van der Waals surface area (Å²) in [6, 6.07) is 18.4. The fraction of sp³-hybridized carbons (Fsp3) is 0.433. The number of aliphatic imine (C=N–C) groups is 1. The second-order valence-corrected chi connectivity index (χ2v) is 10.8. The monoisotopic (exact) mass is 471 g/mol. The van der Waals surface area contributed by atoms with Crippen molar-refractivity contribution in [2.45, 2.75) is 58.5 Å². The van der Waals surface area contributed by atoms with E-state index in [-0.39, 0.29) is 23.9 Å². The van der Waals surface area contributed by atoms with Crippen LogP contribution >= 0.6 is 0 Å². The fourth-order valence-corrected chi connectivity index (χ4v) is 5.75. The maximum atomic E-state index is 13.5. The van der Waals surface area contributed by atoms with Crippen molar-refractivity contribution in [1.82, 2.24) is 0 Å². The third kappa shape index (κ3) is 4.87. The van der Waals surface area contributed by atoms with Crippen LogP contribution < -0.4 is 0 Å². The van der Waals surface area contributed by atoms with Gasteiger partial charge in [0.05, 0.1) is 17.6 Å². The highest BCUT2D eigenvalue weighted by Crippen LogP contribution is 2.47. The van der Waals surface area contributed by atoms with Crippen molar-refractivity contribution < 1.29 is 19.1 Å². The Labute approximate surface area is 207 Å². The topological polar surface area (TPSA) is 65.0 Å². The molecule has 1 saturated carbocycles. The van der Waals surface area contributed by atoms with E-state index in [9.17, 15) is 9.59 Å². The van der Waals surface area contributed by atoms with E-state index >= 15 is 0 Å². The lowest BCUT2D eigenvalue weighted by molar-refractivity contribution is -0.142. The predicted octanol–water partition coefficient (Wildman–Crippen LogP) is 5.89. The van der Waals surface area contributed by atoms with Crippen LogP contribution in [0.25, 0.3) is 11.1 Å². The van der Waals surface area contributed by atoms with E-state index in [0.29, 0.717) is 24.3 Å². The number of carbonyl (C=O) groups is 2. The Morgan fingerprint density at radius 3 is 2.43 bits per heavy atom. The predicted molar refractivity (Wildman–Crippen MR) is 136 cm³/mol. The van der Waals surface area contributed by atoms with Crippen LogP contribution in [0, 0.1) is 11.3 Å². The molecule has 182 valence electrons. The van der Waals surface area contributed by atoms with Gasteiger partial charge in [-0.1, -0.05) is 68.4 Å². The average molecular weight is 472 g/mol. The van der Waals surface area contributed by atoms with Crippen molar-refractivity contribution >= 4 is 17.5 Å². The number of fused-ring (bicyclic) bond motifs is 1. The van der Waals surface area contributed by atoms with Gasteiger partial charge in [0.1, 0.15) is 12.4 Å². The number of rotatable bonds is 5. The van der Waals surface area contributed by atoms with Crippen molar-refractivity contribution in [3.05, 3.63) is 71.4 Å². The lowest BCUT2D eigenvalue weighted by atomic mass is 9.63. The van der Waals surface area contributed by atoms with E-state index in [2.05, 4.69) is 38.1 Å². The number of hydrogen-bond donors (Lipinski definition) is 0. The second-order valence-electron chi connectivity index (χ2n) is 10.8. The lowest BCUT2D eigenvalue weighted by Crippen LogP contribution is -2.44. The molecule has 0 unspecified atom stereocenters. The van der Waals surface area contributed by atoms with E-state index < -0.39 is 17.8 Å². The van der Waals surface area contributed by atoms with Gasteiger partial charge in [0.15, 0.2) is 0 Å². The molecule has 0 bridgehead atoms. The molecule has 5 nitrogen and oxygen atoms in total. The molecule has 0 spiro atoms. The van der Waals surface area contributed by atoms with Gasteiger partial charge in [-0.15, -0.1) is 0 Å². The molecule has 2 aromatic carbocycles. The molecule has 35 heavy (non-hydrogen) atoms. The number of Topliss-reactive ketones (excluding diaryl/α,β-unsaturated/α-hetero) is 1. The van der Waals surface area contributed by atoms with E-state index in [1.807, 2.05) is 37.3 Å². The van der Waals surface area contributed by atoms with Gasteiger partial charge >= 0.3 is 5.97 Å². The normalized spacial score (nSPS) is 25.7. The number of allylic oxidation sites excluding steroid dienone is 1.